The summed E-state index contributed by atoms with van der Waals surface area (Å²) >= 11 is 0. The van der Waals surface area contributed by atoms with Crippen molar-refractivity contribution in [2.24, 2.45) is 5.73 Å². The van der Waals surface area contributed by atoms with Crippen LogP contribution < -0.4 is 5.73 Å². The Hall–Kier alpha value is -1.36. The van der Waals surface area contributed by atoms with Gasteiger partial charge in [0, 0.05) is 18.4 Å². The molecule has 2 nitrogen and oxygen atoms in total. The zero-order valence-electron chi connectivity index (χ0n) is 10.6. The van der Waals surface area contributed by atoms with Gasteiger partial charge >= 0.3 is 6.18 Å². The number of hydrogen-bond acceptors (Lipinski definition) is 2. The van der Waals surface area contributed by atoms with Gasteiger partial charge < -0.3 is 5.73 Å². The first-order chi connectivity index (χ1) is 8.98. The molecule has 19 heavy (non-hydrogen) atoms. The highest BCUT2D eigenvalue weighted by atomic mass is 19.4. The van der Waals surface area contributed by atoms with Gasteiger partial charge in [-0.1, -0.05) is 11.6 Å². The van der Waals surface area contributed by atoms with E-state index >= 15 is 0 Å². The van der Waals surface area contributed by atoms with Crippen molar-refractivity contribution in [1.82, 2.24) is 4.98 Å². The molecule has 0 saturated carbocycles. The van der Waals surface area contributed by atoms with Crippen LogP contribution in [0.2, 0.25) is 0 Å². The van der Waals surface area contributed by atoms with Gasteiger partial charge in [0.05, 0.1) is 5.56 Å². The Morgan fingerprint density at radius 2 is 2.11 bits per heavy atom. The van der Waals surface area contributed by atoms with E-state index < -0.39 is 17.8 Å². The standard InChI is InChI=1S/C14H17F3N2/c15-14(16,17)12-6-7-19-9-11(12)13(18)8-10-4-2-1-3-5-10/h4,6-7,9,13H,1-3,5,8,18H2. The summed E-state index contributed by atoms with van der Waals surface area (Å²) in [4.78, 5) is 3.77. The van der Waals surface area contributed by atoms with Gasteiger partial charge in [-0.2, -0.15) is 13.2 Å². The minimum Gasteiger partial charge on any atom is -0.324 e. The summed E-state index contributed by atoms with van der Waals surface area (Å²) in [6, 6.07) is 0.347. The van der Waals surface area contributed by atoms with Crippen molar-refractivity contribution in [1.29, 1.82) is 0 Å². The quantitative estimate of drug-likeness (QED) is 0.843. The maximum atomic E-state index is 12.9. The lowest BCUT2D eigenvalue weighted by atomic mass is 9.91. The van der Waals surface area contributed by atoms with Crippen molar-refractivity contribution in [2.45, 2.75) is 44.3 Å². The number of rotatable bonds is 3. The van der Waals surface area contributed by atoms with Gasteiger partial charge in [0.2, 0.25) is 0 Å². The molecule has 1 unspecified atom stereocenters. The van der Waals surface area contributed by atoms with Crippen LogP contribution >= 0.6 is 0 Å². The first-order valence-corrected chi connectivity index (χ1v) is 6.43. The summed E-state index contributed by atoms with van der Waals surface area (Å²) in [7, 11) is 0. The van der Waals surface area contributed by atoms with E-state index in [1.165, 1.54) is 6.20 Å². The summed E-state index contributed by atoms with van der Waals surface area (Å²) in [6.45, 7) is 0. The maximum Gasteiger partial charge on any atom is 0.416 e. The summed E-state index contributed by atoms with van der Waals surface area (Å²) < 4.78 is 38.7. The van der Waals surface area contributed by atoms with E-state index in [0.717, 1.165) is 43.5 Å². The van der Waals surface area contributed by atoms with Gasteiger partial charge in [-0.3, -0.25) is 4.98 Å². The Balaban J connectivity index is 2.19. The first kappa shape index (κ1) is 14.1. The van der Waals surface area contributed by atoms with Gasteiger partial charge in [0.1, 0.15) is 0 Å². The van der Waals surface area contributed by atoms with Gasteiger partial charge in [-0.25, -0.2) is 0 Å². The van der Waals surface area contributed by atoms with E-state index in [0.29, 0.717) is 6.42 Å². The number of aromatic nitrogens is 1. The molecule has 0 amide bonds. The molecule has 0 fully saturated rings. The number of nitrogens with zero attached hydrogens (tertiary/aromatic N) is 1. The van der Waals surface area contributed by atoms with Crippen LogP contribution in [-0.2, 0) is 6.18 Å². The topological polar surface area (TPSA) is 38.9 Å². The van der Waals surface area contributed by atoms with Crippen molar-refractivity contribution in [3.63, 3.8) is 0 Å². The fourth-order valence-electron chi connectivity index (χ4n) is 2.44. The molecule has 0 spiro atoms. The fourth-order valence-corrected chi connectivity index (χ4v) is 2.44. The Bertz CT molecular complexity index is 466. The molecule has 2 rings (SSSR count). The SMILES string of the molecule is NC(CC1=CCCCC1)c1cnccc1C(F)(F)F. The smallest absolute Gasteiger partial charge is 0.324 e. The summed E-state index contributed by atoms with van der Waals surface area (Å²) in [6.07, 6.45) is 4.78. The summed E-state index contributed by atoms with van der Waals surface area (Å²) in [5, 5.41) is 0. The summed E-state index contributed by atoms with van der Waals surface area (Å²) in [5.41, 5.74) is 6.52. The average molecular weight is 270 g/mol. The van der Waals surface area contributed by atoms with Crippen molar-refractivity contribution in [3.8, 4) is 0 Å². The van der Waals surface area contributed by atoms with Crippen molar-refractivity contribution >= 4 is 0 Å². The van der Waals surface area contributed by atoms with E-state index in [2.05, 4.69) is 11.1 Å². The number of halogens is 3. The zero-order valence-corrected chi connectivity index (χ0v) is 10.6. The monoisotopic (exact) mass is 270 g/mol. The van der Waals surface area contributed by atoms with Crippen molar-refractivity contribution in [2.75, 3.05) is 0 Å². The second-order valence-corrected chi connectivity index (χ2v) is 4.88. The van der Waals surface area contributed by atoms with Crippen LogP contribution in [0.4, 0.5) is 13.2 Å². The number of alkyl halides is 3. The molecular weight excluding hydrogens is 253 g/mol. The Labute approximate surface area is 110 Å². The van der Waals surface area contributed by atoms with E-state index in [9.17, 15) is 13.2 Å². The molecule has 1 aromatic rings. The normalized spacial score (nSPS) is 18.0. The number of allylic oxidation sites excluding steroid dienone is 1. The molecule has 0 saturated heterocycles. The summed E-state index contributed by atoms with van der Waals surface area (Å²) in [5.74, 6) is 0. The molecule has 1 heterocycles. The average Bonchev–Trinajstić information content (AvgIpc) is 2.39. The van der Waals surface area contributed by atoms with Gasteiger partial charge in [0.15, 0.2) is 0 Å². The van der Waals surface area contributed by atoms with Crippen LogP contribution in [0.3, 0.4) is 0 Å². The third-order valence-corrected chi connectivity index (χ3v) is 3.42. The Morgan fingerprint density at radius 1 is 1.32 bits per heavy atom. The molecule has 1 aromatic heterocycles. The predicted octanol–water partition coefficient (Wildman–Crippen LogP) is 3.99. The molecule has 1 aliphatic rings. The minimum atomic E-state index is -4.38. The molecule has 104 valence electrons. The second-order valence-electron chi connectivity index (χ2n) is 4.88. The van der Waals surface area contributed by atoms with Crippen LogP contribution in [0.25, 0.3) is 0 Å². The highest BCUT2D eigenvalue weighted by Crippen LogP contribution is 2.35. The van der Waals surface area contributed by atoms with Crippen LogP contribution in [-0.4, -0.2) is 4.98 Å². The van der Waals surface area contributed by atoms with Crippen molar-refractivity contribution < 1.29 is 13.2 Å². The molecule has 2 N–H and O–H groups in total. The third-order valence-electron chi connectivity index (χ3n) is 3.42. The van der Waals surface area contributed by atoms with Gasteiger partial charge in [0.25, 0.3) is 0 Å². The molecule has 0 aliphatic heterocycles. The zero-order chi connectivity index (χ0) is 13.9. The Morgan fingerprint density at radius 3 is 2.74 bits per heavy atom. The van der Waals surface area contributed by atoms with E-state index in [1.807, 2.05) is 0 Å². The predicted molar refractivity (Wildman–Crippen MR) is 67.3 cm³/mol. The minimum absolute atomic E-state index is 0.0847. The maximum absolute atomic E-state index is 12.9. The number of nitrogens with two attached hydrogens (primary N) is 1. The lowest BCUT2D eigenvalue weighted by Crippen LogP contribution is -2.18. The number of pyridine rings is 1. The molecule has 0 aromatic carbocycles. The van der Waals surface area contributed by atoms with Crippen molar-refractivity contribution in [3.05, 3.63) is 41.2 Å². The fraction of sp³-hybridized carbons (Fsp3) is 0.500. The van der Waals surface area contributed by atoms with Crippen LogP contribution in [0.1, 0.15) is 49.3 Å². The molecule has 5 heteroatoms. The first-order valence-electron chi connectivity index (χ1n) is 6.43. The molecule has 1 atom stereocenters. The van der Waals surface area contributed by atoms with Crippen LogP contribution in [0.15, 0.2) is 30.1 Å². The molecule has 0 radical (unpaired) electrons. The van der Waals surface area contributed by atoms with E-state index in [4.69, 9.17) is 5.73 Å². The van der Waals surface area contributed by atoms with Gasteiger partial charge in [-0.05, 0) is 43.7 Å². The number of hydrogen-bond donors (Lipinski definition) is 1. The van der Waals surface area contributed by atoms with E-state index in [1.54, 1.807) is 0 Å². The largest absolute Gasteiger partial charge is 0.416 e. The lowest BCUT2D eigenvalue weighted by molar-refractivity contribution is -0.138. The van der Waals surface area contributed by atoms with Crippen LogP contribution in [0.5, 0.6) is 0 Å². The molecule has 0 bridgehead atoms. The Kier molecular flexibility index (Phi) is 4.24. The lowest BCUT2D eigenvalue weighted by Gasteiger charge is -2.20. The van der Waals surface area contributed by atoms with Crippen LogP contribution in [0, 0.1) is 0 Å². The molecular formula is C14H17F3N2. The highest BCUT2D eigenvalue weighted by Gasteiger charge is 2.34. The third kappa shape index (κ3) is 3.56. The van der Waals surface area contributed by atoms with E-state index in [-0.39, 0.29) is 5.56 Å². The second kappa shape index (κ2) is 5.74. The van der Waals surface area contributed by atoms with Gasteiger partial charge in [-0.15, -0.1) is 0 Å². The molecule has 1 aliphatic carbocycles. The highest BCUT2D eigenvalue weighted by molar-refractivity contribution is 5.30.